The van der Waals surface area contributed by atoms with E-state index in [0.29, 0.717) is 11.3 Å². The van der Waals surface area contributed by atoms with Gasteiger partial charge in [-0.2, -0.15) is 0 Å². The summed E-state index contributed by atoms with van der Waals surface area (Å²) in [7, 11) is 1.38. The molecule has 1 aliphatic heterocycles. The maximum atomic E-state index is 14.0. The van der Waals surface area contributed by atoms with Crippen LogP contribution in [0.3, 0.4) is 0 Å². The molecule has 2 aromatic carbocycles. The Morgan fingerprint density at radius 3 is 2.77 bits per heavy atom. The number of aromatic nitrogens is 4. The smallest absolute Gasteiger partial charge is 0.194 e. The van der Waals surface area contributed by atoms with Crippen molar-refractivity contribution in [2.45, 2.75) is 25.8 Å². The number of benzene rings is 2. The summed E-state index contributed by atoms with van der Waals surface area (Å²) in [6.45, 7) is 1.08. The zero-order valence-electron chi connectivity index (χ0n) is 16.5. The number of methoxy groups -OCH3 is 1. The normalized spacial score (nSPS) is 13.3. The maximum absolute atomic E-state index is 14.0. The van der Waals surface area contributed by atoms with E-state index in [9.17, 15) is 9.50 Å². The number of nitrogens with zero attached hydrogens (tertiary/aromatic N) is 4. The minimum Gasteiger partial charge on any atom is -0.502 e. The molecular weight excluding hydrogens is 383 g/mol. The minimum atomic E-state index is -0.765. The highest BCUT2D eigenvalue weighted by Gasteiger charge is 2.15. The van der Waals surface area contributed by atoms with Crippen LogP contribution in [0.25, 0.3) is 28.1 Å². The van der Waals surface area contributed by atoms with Crippen LogP contribution in [-0.4, -0.2) is 31.8 Å². The SMILES string of the molecule is COc1cc(-c2cn(-c3cccc(-c4cc5n(c4)CCCC5)c3)nn2)cc(F)c1O. The molecule has 0 fully saturated rings. The van der Waals surface area contributed by atoms with E-state index in [1.807, 2.05) is 12.1 Å². The number of rotatable bonds is 4. The molecule has 2 aromatic heterocycles. The highest BCUT2D eigenvalue weighted by Crippen LogP contribution is 2.34. The predicted octanol–water partition coefficient (Wildman–Crippen LogP) is 4.59. The van der Waals surface area contributed by atoms with E-state index in [-0.39, 0.29) is 5.75 Å². The van der Waals surface area contributed by atoms with Gasteiger partial charge in [0, 0.05) is 24.0 Å². The standard InChI is InChI=1S/C23H21FN4O2/c1-30-22-12-16(11-20(24)23(22)29)21-14-28(26-25-21)19-7-4-5-15(9-19)17-10-18-6-2-3-8-27(18)13-17/h4-5,7,9-14,29H,2-3,6,8H2,1H3. The zero-order valence-corrected chi connectivity index (χ0v) is 16.5. The van der Waals surface area contributed by atoms with E-state index in [1.54, 1.807) is 10.9 Å². The van der Waals surface area contributed by atoms with Crippen molar-refractivity contribution >= 4 is 0 Å². The third kappa shape index (κ3) is 3.22. The molecule has 7 heteroatoms. The number of ether oxygens (including phenoxy) is 1. The number of phenolic OH excluding ortho intramolecular Hbond substituents is 1. The predicted molar refractivity (Wildman–Crippen MR) is 111 cm³/mol. The number of hydrogen-bond acceptors (Lipinski definition) is 4. The third-order valence-electron chi connectivity index (χ3n) is 5.55. The molecule has 0 amide bonds. The number of aryl methyl sites for hydroxylation is 2. The third-order valence-corrected chi connectivity index (χ3v) is 5.55. The fourth-order valence-corrected chi connectivity index (χ4v) is 3.95. The van der Waals surface area contributed by atoms with Crippen molar-refractivity contribution in [3.05, 3.63) is 66.4 Å². The molecule has 4 aromatic rings. The molecule has 1 aliphatic rings. The van der Waals surface area contributed by atoms with Gasteiger partial charge < -0.3 is 14.4 Å². The number of halogens is 1. The van der Waals surface area contributed by atoms with E-state index in [4.69, 9.17) is 4.74 Å². The summed E-state index contributed by atoms with van der Waals surface area (Å²) in [5.41, 5.74) is 5.51. The molecule has 1 N–H and O–H groups in total. The molecule has 6 nitrogen and oxygen atoms in total. The lowest BCUT2D eigenvalue weighted by Crippen LogP contribution is -2.07. The van der Waals surface area contributed by atoms with Gasteiger partial charge in [-0.1, -0.05) is 17.3 Å². The van der Waals surface area contributed by atoms with Crippen LogP contribution >= 0.6 is 0 Å². The van der Waals surface area contributed by atoms with E-state index in [1.165, 1.54) is 43.3 Å². The average Bonchev–Trinajstić information content (AvgIpc) is 3.43. The molecule has 0 unspecified atom stereocenters. The molecule has 5 rings (SSSR count). The second kappa shape index (κ2) is 7.33. The van der Waals surface area contributed by atoms with Gasteiger partial charge in [-0.25, -0.2) is 9.07 Å². The first kappa shape index (κ1) is 18.4. The van der Waals surface area contributed by atoms with Crippen LogP contribution in [0.5, 0.6) is 11.5 Å². The van der Waals surface area contributed by atoms with Gasteiger partial charge in [-0.3, -0.25) is 0 Å². The number of aromatic hydroxyl groups is 1. The lowest BCUT2D eigenvalue weighted by Gasteiger charge is -2.13. The Labute approximate surface area is 173 Å². The summed E-state index contributed by atoms with van der Waals surface area (Å²) in [4.78, 5) is 0. The largest absolute Gasteiger partial charge is 0.502 e. The second-order valence-corrected chi connectivity index (χ2v) is 7.48. The average molecular weight is 404 g/mol. The molecule has 0 saturated heterocycles. The van der Waals surface area contributed by atoms with Gasteiger partial charge in [0.25, 0.3) is 0 Å². The van der Waals surface area contributed by atoms with Crippen molar-refractivity contribution in [2.75, 3.05) is 7.11 Å². The quantitative estimate of drug-likeness (QED) is 0.540. The van der Waals surface area contributed by atoms with Gasteiger partial charge in [0.15, 0.2) is 17.3 Å². The minimum absolute atomic E-state index is 0.0548. The first-order valence-electron chi connectivity index (χ1n) is 9.91. The summed E-state index contributed by atoms with van der Waals surface area (Å²) < 4.78 is 23.0. The Morgan fingerprint density at radius 1 is 1.03 bits per heavy atom. The van der Waals surface area contributed by atoms with Gasteiger partial charge in [-0.15, -0.1) is 5.10 Å². The van der Waals surface area contributed by atoms with Crippen LogP contribution in [0, 0.1) is 5.82 Å². The molecule has 0 atom stereocenters. The summed E-state index contributed by atoms with van der Waals surface area (Å²) in [5.74, 6) is -1.23. The van der Waals surface area contributed by atoms with Crippen molar-refractivity contribution in [2.24, 2.45) is 0 Å². The highest BCUT2D eigenvalue weighted by atomic mass is 19.1. The molecule has 0 spiro atoms. The summed E-state index contributed by atoms with van der Waals surface area (Å²) in [5, 5.41) is 18.1. The first-order chi connectivity index (χ1) is 14.6. The lowest BCUT2D eigenvalue weighted by atomic mass is 10.1. The zero-order chi connectivity index (χ0) is 20.7. The highest BCUT2D eigenvalue weighted by molar-refractivity contribution is 5.67. The second-order valence-electron chi connectivity index (χ2n) is 7.48. The first-order valence-corrected chi connectivity index (χ1v) is 9.91. The van der Waals surface area contributed by atoms with Gasteiger partial charge in [-0.05, 0) is 60.7 Å². The molecular formula is C23H21FN4O2. The van der Waals surface area contributed by atoms with Crippen LogP contribution in [0.2, 0.25) is 0 Å². The Balaban J connectivity index is 1.48. The lowest BCUT2D eigenvalue weighted by molar-refractivity contribution is 0.357. The van der Waals surface area contributed by atoms with Crippen LogP contribution in [-0.2, 0) is 13.0 Å². The fraction of sp³-hybridized carbons (Fsp3) is 0.217. The molecule has 0 bridgehead atoms. The van der Waals surface area contributed by atoms with Crippen LogP contribution in [0.1, 0.15) is 18.5 Å². The molecule has 0 aliphatic carbocycles. The Morgan fingerprint density at radius 2 is 1.93 bits per heavy atom. The van der Waals surface area contributed by atoms with E-state index < -0.39 is 11.6 Å². The van der Waals surface area contributed by atoms with Crippen LogP contribution < -0.4 is 4.74 Å². The fourth-order valence-electron chi connectivity index (χ4n) is 3.95. The van der Waals surface area contributed by atoms with Crippen molar-refractivity contribution in [1.29, 1.82) is 0 Å². The topological polar surface area (TPSA) is 65.1 Å². The Bertz CT molecular complexity index is 1200. The Hall–Kier alpha value is -3.61. The monoisotopic (exact) mass is 404 g/mol. The van der Waals surface area contributed by atoms with Crippen molar-refractivity contribution in [1.82, 2.24) is 19.6 Å². The molecule has 3 heterocycles. The summed E-state index contributed by atoms with van der Waals surface area (Å²) >= 11 is 0. The van der Waals surface area contributed by atoms with E-state index in [2.05, 4.69) is 39.3 Å². The maximum Gasteiger partial charge on any atom is 0.194 e. The number of hydrogen-bond donors (Lipinski definition) is 1. The number of fused-ring (bicyclic) bond motifs is 1. The van der Waals surface area contributed by atoms with E-state index in [0.717, 1.165) is 24.2 Å². The Kier molecular flexibility index (Phi) is 4.50. The van der Waals surface area contributed by atoms with Gasteiger partial charge in [0.1, 0.15) is 5.69 Å². The van der Waals surface area contributed by atoms with Gasteiger partial charge in [0.2, 0.25) is 0 Å². The summed E-state index contributed by atoms with van der Waals surface area (Å²) in [6.07, 6.45) is 7.54. The number of phenols is 1. The van der Waals surface area contributed by atoms with Crippen LogP contribution in [0.15, 0.2) is 54.9 Å². The van der Waals surface area contributed by atoms with Gasteiger partial charge in [0.05, 0.1) is 19.0 Å². The summed E-state index contributed by atoms with van der Waals surface area (Å²) in [6, 6.07) is 13.1. The molecule has 0 radical (unpaired) electrons. The van der Waals surface area contributed by atoms with Crippen LogP contribution in [0.4, 0.5) is 4.39 Å². The molecule has 30 heavy (non-hydrogen) atoms. The molecule has 152 valence electrons. The van der Waals surface area contributed by atoms with E-state index >= 15 is 0 Å². The van der Waals surface area contributed by atoms with Gasteiger partial charge >= 0.3 is 0 Å². The van der Waals surface area contributed by atoms with Crippen molar-refractivity contribution < 1.29 is 14.2 Å². The van der Waals surface area contributed by atoms with Crippen molar-refractivity contribution in [3.8, 4) is 39.6 Å². The molecule has 0 saturated carbocycles. The van der Waals surface area contributed by atoms with Crippen molar-refractivity contribution in [3.63, 3.8) is 0 Å².